The van der Waals surface area contributed by atoms with Gasteiger partial charge in [-0.15, -0.1) is 0 Å². The standard InChI is InChI=1S/C11H14O/c1-5-7-9(3)11(12)10(4)8-6-2/h5-8H,1,4H2,2-3H3. The van der Waals surface area contributed by atoms with E-state index in [1.54, 1.807) is 31.2 Å². The second kappa shape index (κ2) is 5.30. The van der Waals surface area contributed by atoms with E-state index in [0.717, 1.165) is 0 Å². The van der Waals surface area contributed by atoms with E-state index in [-0.39, 0.29) is 5.78 Å². The number of hydrogen-bond acceptors (Lipinski definition) is 1. The molecular weight excluding hydrogens is 148 g/mol. The lowest BCUT2D eigenvalue weighted by Gasteiger charge is -1.97. The Morgan fingerprint density at radius 2 is 2.00 bits per heavy atom. The van der Waals surface area contributed by atoms with E-state index < -0.39 is 0 Å². The van der Waals surface area contributed by atoms with Crippen LogP contribution in [0.4, 0.5) is 0 Å². The van der Waals surface area contributed by atoms with Crippen molar-refractivity contribution in [1.29, 1.82) is 0 Å². The summed E-state index contributed by atoms with van der Waals surface area (Å²) in [5, 5.41) is 0. The summed E-state index contributed by atoms with van der Waals surface area (Å²) in [4.78, 5) is 11.4. The highest BCUT2D eigenvalue weighted by Crippen LogP contribution is 2.04. The Balaban J connectivity index is 4.50. The number of ketones is 1. The number of rotatable bonds is 4. The molecule has 0 bridgehead atoms. The number of carbonyl (C=O) groups is 1. The average Bonchev–Trinajstić information content (AvgIpc) is 2.04. The Kier molecular flexibility index (Phi) is 4.70. The minimum Gasteiger partial charge on any atom is -0.289 e. The van der Waals surface area contributed by atoms with Gasteiger partial charge >= 0.3 is 0 Å². The largest absolute Gasteiger partial charge is 0.289 e. The molecule has 0 rings (SSSR count). The highest BCUT2D eigenvalue weighted by atomic mass is 16.1. The minimum atomic E-state index is -0.0343. The molecule has 0 aromatic carbocycles. The molecule has 0 aliphatic rings. The molecule has 1 heteroatoms. The van der Waals surface area contributed by atoms with Crippen LogP contribution in [-0.4, -0.2) is 5.78 Å². The highest BCUT2D eigenvalue weighted by molar-refractivity contribution is 6.09. The normalized spacial score (nSPS) is 11.7. The first-order valence-electron chi connectivity index (χ1n) is 3.79. The third-order valence-corrected chi connectivity index (χ3v) is 1.39. The van der Waals surface area contributed by atoms with Crippen molar-refractivity contribution in [1.82, 2.24) is 0 Å². The Bertz CT molecular complexity index is 254. The molecule has 12 heavy (non-hydrogen) atoms. The Morgan fingerprint density at radius 3 is 2.42 bits per heavy atom. The van der Waals surface area contributed by atoms with Crippen molar-refractivity contribution in [3.63, 3.8) is 0 Å². The quantitative estimate of drug-likeness (QED) is 0.459. The van der Waals surface area contributed by atoms with E-state index in [0.29, 0.717) is 11.1 Å². The lowest BCUT2D eigenvalue weighted by Crippen LogP contribution is -2.00. The second-order valence-corrected chi connectivity index (χ2v) is 2.44. The first-order chi connectivity index (χ1) is 5.63. The maximum Gasteiger partial charge on any atom is 0.188 e. The Labute approximate surface area is 73.8 Å². The molecule has 0 unspecified atom stereocenters. The van der Waals surface area contributed by atoms with Crippen molar-refractivity contribution < 1.29 is 4.79 Å². The van der Waals surface area contributed by atoms with Gasteiger partial charge in [0.2, 0.25) is 0 Å². The number of allylic oxidation sites excluding steroid dienone is 6. The van der Waals surface area contributed by atoms with Crippen LogP contribution in [0.25, 0.3) is 0 Å². The van der Waals surface area contributed by atoms with Crippen LogP contribution < -0.4 is 0 Å². The fraction of sp³-hybridized carbons (Fsp3) is 0.182. The van der Waals surface area contributed by atoms with Crippen molar-refractivity contribution in [2.75, 3.05) is 0 Å². The zero-order chi connectivity index (χ0) is 9.56. The van der Waals surface area contributed by atoms with E-state index in [1.807, 2.05) is 6.92 Å². The minimum absolute atomic E-state index is 0.0343. The maximum atomic E-state index is 11.4. The monoisotopic (exact) mass is 162 g/mol. The Hall–Kier alpha value is -1.37. The van der Waals surface area contributed by atoms with E-state index in [1.165, 1.54) is 0 Å². The third-order valence-electron chi connectivity index (χ3n) is 1.39. The first kappa shape index (κ1) is 10.6. The zero-order valence-electron chi connectivity index (χ0n) is 7.63. The fourth-order valence-electron chi connectivity index (χ4n) is 0.783. The van der Waals surface area contributed by atoms with Crippen molar-refractivity contribution in [3.05, 3.63) is 48.6 Å². The molecule has 0 fully saturated rings. The summed E-state index contributed by atoms with van der Waals surface area (Å²) in [6, 6.07) is 0. The summed E-state index contributed by atoms with van der Waals surface area (Å²) in [6.07, 6.45) is 6.76. The van der Waals surface area contributed by atoms with Crippen LogP contribution >= 0.6 is 0 Å². The van der Waals surface area contributed by atoms with Gasteiger partial charge in [0.05, 0.1) is 0 Å². The molecule has 0 aliphatic carbocycles. The van der Waals surface area contributed by atoms with Gasteiger partial charge in [-0.2, -0.15) is 0 Å². The highest BCUT2D eigenvalue weighted by Gasteiger charge is 2.04. The molecule has 0 saturated heterocycles. The Morgan fingerprint density at radius 1 is 1.42 bits per heavy atom. The molecule has 0 aliphatic heterocycles. The maximum absolute atomic E-state index is 11.4. The number of Topliss-reactive ketones (excluding diaryl/α,β-unsaturated/α-hetero) is 1. The van der Waals surface area contributed by atoms with Crippen molar-refractivity contribution in [3.8, 4) is 0 Å². The SMILES string of the molecule is C=CC=C(C)C(=O)C(=C)C=CC. The van der Waals surface area contributed by atoms with Gasteiger partial charge in [-0.25, -0.2) is 0 Å². The van der Waals surface area contributed by atoms with E-state index in [2.05, 4.69) is 13.2 Å². The average molecular weight is 162 g/mol. The predicted molar refractivity (Wildman–Crippen MR) is 52.9 cm³/mol. The molecule has 0 aromatic rings. The lowest BCUT2D eigenvalue weighted by molar-refractivity contribution is -0.111. The molecule has 0 atom stereocenters. The summed E-state index contributed by atoms with van der Waals surface area (Å²) in [7, 11) is 0. The molecule has 0 N–H and O–H groups in total. The number of hydrogen-bond donors (Lipinski definition) is 0. The molecule has 0 amide bonds. The molecule has 0 spiro atoms. The van der Waals surface area contributed by atoms with Gasteiger partial charge in [-0.05, 0) is 19.4 Å². The second-order valence-electron chi connectivity index (χ2n) is 2.44. The molecule has 0 radical (unpaired) electrons. The van der Waals surface area contributed by atoms with E-state index in [9.17, 15) is 4.79 Å². The molecule has 0 aromatic heterocycles. The van der Waals surface area contributed by atoms with Gasteiger partial charge in [-0.1, -0.05) is 37.5 Å². The fourth-order valence-corrected chi connectivity index (χ4v) is 0.783. The lowest BCUT2D eigenvalue weighted by atomic mass is 10.1. The smallest absolute Gasteiger partial charge is 0.188 e. The number of carbonyl (C=O) groups excluding carboxylic acids is 1. The van der Waals surface area contributed by atoms with Crippen molar-refractivity contribution >= 4 is 5.78 Å². The molecular formula is C11H14O. The van der Waals surface area contributed by atoms with Gasteiger partial charge in [0.15, 0.2) is 5.78 Å². The molecule has 0 heterocycles. The molecule has 0 saturated carbocycles. The van der Waals surface area contributed by atoms with Gasteiger partial charge in [0, 0.05) is 5.57 Å². The van der Waals surface area contributed by atoms with Crippen molar-refractivity contribution in [2.45, 2.75) is 13.8 Å². The van der Waals surface area contributed by atoms with Gasteiger partial charge in [0.25, 0.3) is 0 Å². The van der Waals surface area contributed by atoms with Crippen LogP contribution in [0.3, 0.4) is 0 Å². The van der Waals surface area contributed by atoms with E-state index >= 15 is 0 Å². The topological polar surface area (TPSA) is 17.1 Å². The van der Waals surface area contributed by atoms with Crippen LogP contribution in [0, 0.1) is 0 Å². The summed E-state index contributed by atoms with van der Waals surface area (Å²) in [5.41, 5.74) is 1.17. The summed E-state index contributed by atoms with van der Waals surface area (Å²) < 4.78 is 0. The summed E-state index contributed by atoms with van der Waals surface area (Å²) >= 11 is 0. The van der Waals surface area contributed by atoms with Crippen molar-refractivity contribution in [2.24, 2.45) is 0 Å². The predicted octanol–water partition coefficient (Wildman–Crippen LogP) is 2.82. The summed E-state index contributed by atoms with van der Waals surface area (Å²) in [5.74, 6) is -0.0343. The van der Waals surface area contributed by atoms with E-state index in [4.69, 9.17) is 0 Å². The van der Waals surface area contributed by atoms with Crippen LogP contribution in [0.15, 0.2) is 48.6 Å². The van der Waals surface area contributed by atoms with Gasteiger partial charge in [0.1, 0.15) is 0 Å². The van der Waals surface area contributed by atoms with Crippen LogP contribution in [0.1, 0.15) is 13.8 Å². The molecule has 1 nitrogen and oxygen atoms in total. The third kappa shape index (κ3) is 3.15. The first-order valence-corrected chi connectivity index (χ1v) is 3.79. The summed E-state index contributed by atoms with van der Waals surface area (Å²) in [6.45, 7) is 10.7. The molecule has 64 valence electrons. The van der Waals surface area contributed by atoms with Crippen LogP contribution in [0.2, 0.25) is 0 Å². The van der Waals surface area contributed by atoms with Gasteiger partial charge < -0.3 is 0 Å². The zero-order valence-corrected chi connectivity index (χ0v) is 7.63. The van der Waals surface area contributed by atoms with Crippen LogP contribution in [-0.2, 0) is 4.79 Å². The van der Waals surface area contributed by atoms with Crippen LogP contribution in [0.5, 0.6) is 0 Å². The van der Waals surface area contributed by atoms with Gasteiger partial charge in [-0.3, -0.25) is 4.79 Å².